The molecule has 2 amide bonds. The number of carbonyl (C=O) groups is 2. The normalized spacial score (nSPS) is 28.8. The summed E-state index contributed by atoms with van der Waals surface area (Å²) in [4.78, 5) is 25.5. The molecule has 2 aliphatic rings. The van der Waals surface area contributed by atoms with Gasteiger partial charge in [-0.3, -0.25) is 4.79 Å². The number of hydrogen-bond donors (Lipinski definition) is 1. The molecule has 2 fully saturated rings. The molecule has 2 saturated heterocycles. The molecule has 0 aromatic heterocycles. The van der Waals surface area contributed by atoms with E-state index < -0.39 is 11.7 Å². The number of carbonyl (C=O) groups excluding carboxylic acids is 2. The quantitative estimate of drug-likeness (QED) is 0.712. The molecule has 0 aromatic rings. The van der Waals surface area contributed by atoms with Crippen molar-refractivity contribution in [3.8, 4) is 0 Å². The Morgan fingerprint density at radius 2 is 2.11 bits per heavy atom. The number of amides is 2. The van der Waals surface area contributed by atoms with E-state index in [9.17, 15) is 9.59 Å². The Labute approximate surface area is 108 Å². The molecule has 0 aliphatic carbocycles. The highest BCUT2D eigenvalue weighted by Crippen LogP contribution is 2.29. The Morgan fingerprint density at radius 1 is 1.39 bits per heavy atom. The highest BCUT2D eigenvalue weighted by Gasteiger charge is 2.42. The van der Waals surface area contributed by atoms with Crippen molar-refractivity contribution in [2.75, 3.05) is 13.1 Å². The van der Waals surface area contributed by atoms with Crippen LogP contribution >= 0.6 is 0 Å². The predicted molar refractivity (Wildman–Crippen MR) is 67.1 cm³/mol. The monoisotopic (exact) mass is 254 g/mol. The fourth-order valence-corrected chi connectivity index (χ4v) is 2.71. The van der Waals surface area contributed by atoms with Gasteiger partial charge in [-0.25, -0.2) is 9.69 Å². The summed E-state index contributed by atoms with van der Waals surface area (Å²) in [6.45, 7) is 7.20. The van der Waals surface area contributed by atoms with E-state index >= 15 is 0 Å². The molecule has 5 heteroatoms. The van der Waals surface area contributed by atoms with Crippen molar-refractivity contribution in [3.63, 3.8) is 0 Å². The molecule has 0 unspecified atom stereocenters. The van der Waals surface area contributed by atoms with Crippen LogP contribution in [0, 0.1) is 5.92 Å². The summed E-state index contributed by atoms with van der Waals surface area (Å²) >= 11 is 0. The zero-order valence-corrected chi connectivity index (χ0v) is 11.4. The van der Waals surface area contributed by atoms with Crippen LogP contribution in [0.15, 0.2) is 0 Å². The molecule has 0 saturated carbocycles. The van der Waals surface area contributed by atoms with Gasteiger partial charge in [-0.2, -0.15) is 0 Å². The molecular formula is C13H22N2O3. The number of nitrogens with one attached hydrogen (secondary N) is 1. The molecule has 2 rings (SSSR count). The highest BCUT2D eigenvalue weighted by atomic mass is 16.6. The maximum absolute atomic E-state index is 12.1. The van der Waals surface area contributed by atoms with Gasteiger partial charge >= 0.3 is 6.09 Å². The lowest BCUT2D eigenvalue weighted by Gasteiger charge is -2.42. The van der Waals surface area contributed by atoms with Gasteiger partial charge in [0.15, 0.2) is 0 Å². The average Bonchev–Trinajstić information content (AvgIpc) is 2.26. The van der Waals surface area contributed by atoms with Crippen molar-refractivity contribution in [3.05, 3.63) is 0 Å². The van der Waals surface area contributed by atoms with Crippen molar-refractivity contribution < 1.29 is 14.3 Å². The van der Waals surface area contributed by atoms with Crippen molar-refractivity contribution >= 4 is 12.0 Å². The highest BCUT2D eigenvalue weighted by molar-refractivity contribution is 5.93. The van der Waals surface area contributed by atoms with Gasteiger partial charge < -0.3 is 10.1 Å². The summed E-state index contributed by atoms with van der Waals surface area (Å²) < 4.78 is 5.34. The van der Waals surface area contributed by atoms with E-state index in [2.05, 4.69) is 5.32 Å². The van der Waals surface area contributed by atoms with Crippen molar-refractivity contribution in [2.24, 2.45) is 5.92 Å². The zero-order chi connectivity index (χ0) is 13.3. The van der Waals surface area contributed by atoms with Crippen molar-refractivity contribution in [1.82, 2.24) is 10.2 Å². The fraction of sp³-hybridized carbons (Fsp3) is 0.846. The lowest BCUT2D eigenvalue weighted by Crippen LogP contribution is -2.57. The van der Waals surface area contributed by atoms with E-state index in [1.165, 1.54) is 4.90 Å². The van der Waals surface area contributed by atoms with Gasteiger partial charge in [0.05, 0.1) is 0 Å². The third-order valence-electron chi connectivity index (χ3n) is 3.49. The second-order valence-corrected chi connectivity index (χ2v) is 6.10. The van der Waals surface area contributed by atoms with Gasteiger partial charge in [0.2, 0.25) is 5.91 Å². The summed E-state index contributed by atoms with van der Waals surface area (Å²) in [5.41, 5.74) is -0.558. The topological polar surface area (TPSA) is 58.6 Å². The Balaban J connectivity index is 2.12. The second kappa shape index (κ2) is 4.88. The summed E-state index contributed by atoms with van der Waals surface area (Å²) in [7, 11) is 0. The maximum Gasteiger partial charge on any atom is 0.417 e. The molecule has 1 N–H and O–H groups in total. The lowest BCUT2D eigenvalue weighted by atomic mass is 9.84. The van der Waals surface area contributed by atoms with E-state index in [-0.39, 0.29) is 11.9 Å². The number of nitrogens with zero attached hydrogens (tertiary/aromatic N) is 1. The summed E-state index contributed by atoms with van der Waals surface area (Å²) in [6, 6.07) is 0.0161. The van der Waals surface area contributed by atoms with Gasteiger partial charge in [-0.05, 0) is 52.6 Å². The Kier molecular flexibility index (Phi) is 3.61. The minimum Gasteiger partial charge on any atom is -0.443 e. The van der Waals surface area contributed by atoms with Gasteiger partial charge in [0.1, 0.15) is 5.60 Å². The summed E-state index contributed by atoms with van der Waals surface area (Å²) in [5, 5.41) is 3.32. The predicted octanol–water partition coefficient (Wildman–Crippen LogP) is 1.52. The number of ether oxygens (including phenoxy) is 1. The SMILES string of the molecule is CC(C)(C)OC(=O)N1C(=O)CC[C@@H]2CNCC[C@H]21. The van der Waals surface area contributed by atoms with E-state index in [0.29, 0.717) is 12.3 Å². The summed E-state index contributed by atoms with van der Waals surface area (Å²) in [6.07, 6.45) is 1.66. The van der Waals surface area contributed by atoms with E-state index in [1.807, 2.05) is 20.8 Å². The molecule has 2 aliphatic heterocycles. The second-order valence-electron chi connectivity index (χ2n) is 6.10. The van der Waals surface area contributed by atoms with Crippen LogP contribution in [0.5, 0.6) is 0 Å². The molecule has 0 aromatic carbocycles. The molecule has 0 bridgehead atoms. The molecule has 2 atom stereocenters. The number of likely N-dealkylation sites (tertiary alicyclic amines) is 1. The minimum absolute atomic E-state index is 0.0161. The fourth-order valence-electron chi connectivity index (χ4n) is 2.71. The first-order chi connectivity index (χ1) is 8.38. The Bertz CT molecular complexity index is 349. The van der Waals surface area contributed by atoms with Crippen LogP contribution in [0.1, 0.15) is 40.0 Å². The first-order valence-electron chi connectivity index (χ1n) is 6.64. The maximum atomic E-state index is 12.1. The molecule has 0 spiro atoms. The molecular weight excluding hydrogens is 232 g/mol. The van der Waals surface area contributed by atoms with Gasteiger partial charge in [0, 0.05) is 12.5 Å². The average molecular weight is 254 g/mol. The Morgan fingerprint density at radius 3 is 2.78 bits per heavy atom. The third-order valence-corrected chi connectivity index (χ3v) is 3.49. The number of imide groups is 1. The zero-order valence-electron chi connectivity index (χ0n) is 11.4. The van der Waals surface area contributed by atoms with E-state index in [4.69, 9.17) is 4.74 Å². The van der Waals surface area contributed by atoms with Crippen LogP contribution in [0.25, 0.3) is 0 Å². The molecule has 18 heavy (non-hydrogen) atoms. The van der Waals surface area contributed by atoms with Gasteiger partial charge in [-0.15, -0.1) is 0 Å². The summed E-state index contributed by atoms with van der Waals surface area (Å²) in [5.74, 6) is 0.288. The molecule has 0 radical (unpaired) electrons. The first-order valence-corrected chi connectivity index (χ1v) is 6.64. The van der Waals surface area contributed by atoms with Gasteiger partial charge in [0.25, 0.3) is 0 Å². The lowest BCUT2D eigenvalue weighted by molar-refractivity contribution is -0.138. The van der Waals surface area contributed by atoms with Crippen LogP contribution in [-0.2, 0) is 9.53 Å². The number of fused-ring (bicyclic) bond motifs is 1. The van der Waals surface area contributed by atoms with E-state index in [0.717, 1.165) is 25.9 Å². The molecule has 102 valence electrons. The van der Waals surface area contributed by atoms with Crippen LogP contribution < -0.4 is 5.32 Å². The Hall–Kier alpha value is -1.10. The molecule has 5 nitrogen and oxygen atoms in total. The van der Waals surface area contributed by atoms with Crippen LogP contribution in [0.3, 0.4) is 0 Å². The van der Waals surface area contributed by atoms with Crippen LogP contribution in [0.4, 0.5) is 4.79 Å². The first kappa shape index (κ1) is 13.3. The van der Waals surface area contributed by atoms with Crippen molar-refractivity contribution in [2.45, 2.75) is 51.7 Å². The molecule has 2 heterocycles. The number of hydrogen-bond acceptors (Lipinski definition) is 4. The number of piperidine rings is 2. The standard InChI is InChI=1S/C13H22N2O3/c1-13(2,3)18-12(17)15-10-6-7-14-8-9(10)4-5-11(15)16/h9-10,14H,4-8H2,1-3H3/t9-,10-/m1/s1. The van der Waals surface area contributed by atoms with E-state index in [1.54, 1.807) is 0 Å². The van der Waals surface area contributed by atoms with Crippen LogP contribution in [-0.4, -0.2) is 41.6 Å². The third kappa shape index (κ3) is 2.83. The smallest absolute Gasteiger partial charge is 0.417 e. The van der Waals surface area contributed by atoms with Crippen LogP contribution in [0.2, 0.25) is 0 Å². The number of rotatable bonds is 0. The minimum atomic E-state index is -0.558. The van der Waals surface area contributed by atoms with Crippen molar-refractivity contribution in [1.29, 1.82) is 0 Å². The largest absolute Gasteiger partial charge is 0.443 e. The van der Waals surface area contributed by atoms with Gasteiger partial charge in [-0.1, -0.05) is 0 Å².